The first-order valence-electron chi connectivity index (χ1n) is 8.00. The number of hydrogen-bond acceptors (Lipinski definition) is 4. The van der Waals surface area contributed by atoms with Crippen molar-refractivity contribution < 1.29 is 14.3 Å². The van der Waals surface area contributed by atoms with Crippen molar-refractivity contribution in [3.05, 3.63) is 23.2 Å². The molecule has 0 aliphatic heterocycles. The van der Waals surface area contributed by atoms with Crippen molar-refractivity contribution in [2.24, 2.45) is 5.92 Å². The maximum absolute atomic E-state index is 12.1. The van der Waals surface area contributed by atoms with E-state index < -0.39 is 0 Å². The predicted molar refractivity (Wildman–Crippen MR) is 94.5 cm³/mol. The van der Waals surface area contributed by atoms with Gasteiger partial charge in [-0.05, 0) is 50.9 Å². The lowest BCUT2D eigenvalue weighted by Gasteiger charge is -2.19. The van der Waals surface area contributed by atoms with E-state index in [-0.39, 0.29) is 30.9 Å². The second-order valence-corrected chi connectivity index (χ2v) is 6.70. The number of halogens is 1. The Morgan fingerprint density at radius 1 is 1.33 bits per heavy atom. The topological polar surface area (TPSA) is 70.7 Å². The van der Waals surface area contributed by atoms with Crippen LogP contribution < -0.4 is 15.4 Å². The van der Waals surface area contributed by atoms with Crippen LogP contribution in [0.4, 0.5) is 5.69 Å². The molecule has 132 valence electrons. The van der Waals surface area contributed by atoms with Crippen LogP contribution in [-0.2, 0) is 9.59 Å². The highest BCUT2D eigenvalue weighted by Crippen LogP contribution is 2.32. The second kappa shape index (κ2) is 8.35. The molecule has 1 unspecified atom stereocenters. The summed E-state index contributed by atoms with van der Waals surface area (Å²) in [5.41, 5.74) is 0.509. The van der Waals surface area contributed by atoms with Gasteiger partial charge in [-0.2, -0.15) is 0 Å². The van der Waals surface area contributed by atoms with Gasteiger partial charge < -0.3 is 15.4 Å². The van der Waals surface area contributed by atoms with Crippen molar-refractivity contribution in [1.82, 2.24) is 10.2 Å². The van der Waals surface area contributed by atoms with E-state index in [1.54, 1.807) is 30.1 Å². The molecule has 0 heterocycles. The van der Waals surface area contributed by atoms with Crippen LogP contribution in [0.5, 0.6) is 5.75 Å². The van der Waals surface area contributed by atoms with Gasteiger partial charge in [-0.25, -0.2) is 0 Å². The molecule has 1 aliphatic rings. The number of anilines is 1. The highest BCUT2D eigenvalue weighted by molar-refractivity contribution is 6.31. The number of likely N-dealkylation sites (N-methyl/N-ethyl adjacent to an activating group) is 1. The third kappa shape index (κ3) is 5.69. The number of carbonyl (C=O) groups is 2. The normalized spacial score (nSPS) is 15.0. The third-order valence-electron chi connectivity index (χ3n) is 3.98. The van der Waals surface area contributed by atoms with E-state index in [0.29, 0.717) is 22.4 Å². The van der Waals surface area contributed by atoms with Gasteiger partial charge in [-0.15, -0.1) is 0 Å². The molecule has 0 saturated heterocycles. The molecule has 0 spiro atoms. The quantitative estimate of drug-likeness (QED) is 0.751. The Bertz CT molecular complexity index is 605. The van der Waals surface area contributed by atoms with E-state index in [1.807, 2.05) is 6.92 Å². The summed E-state index contributed by atoms with van der Waals surface area (Å²) in [6.07, 6.45) is 2.36. The van der Waals surface area contributed by atoms with Crippen molar-refractivity contribution in [2.75, 3.05) is 32.6 Å². The number of nitrogens with one attached hydrogen (secondary N) is 2. The molecule has 1 atom stereocenters. The van der Waals surface area contributed by atoms with E-state index in [9.17, 15) is 9.59 Å². The number of benzene rings is 1. The molecule has 0 aromatic heterocycles. The summed E-state index contributed by atoms with van der Waals surface area (Å²) in [4.78, 5) is 25.8. The van der Waals surface area contributed by atoms with E-state index in [4.69, 9.17) is 16.3 Å². The fraction of sp³-hybridized carbons (Fsp3) is 0.529. The number of methoxy groups -OCH3 is 1. The van der Waals surface area contributed by atoms with Crippen molar-refractivity contribution >= 4 is 29.1 Å². The Morgan fingerprint density at radius 3 is 2.62 bits per heavy atom. The fourth-order valence-electron chi connectivity index (χ4n) is 2.53. The number of ether oxygens (including phenoxy) is 1. The molecule has 0 bridgehead atoms. The Kier molecular flexibility index (Phi) is 6.45. The summed E-state index contributed by atoms with van der Waals surface area (Å²) in [6.45, 7) is 2.30. The summed E-state index contributed by atoms with van der Waals surface area (Å²) in [7, 11) is 3.26. The summed E-state index contributed by atoms with van der Waals surface area (Å²) >= 11 is 5.94. The smallest absolute Gasteiger partial charge is 0.238 e. The highest BCUT2D eigenvalue weighted by Gasteiger charge is 2.29. The first-order valence-corrected chi connectivity index (χ1v) is 8.38. The lowest BCUT2D eigenvalue weighted by Crippen LogP contribution is -2.42. The Morgan fingerprint density at radius 2 is 2.00 bits per heavy atom. The number of rotatable bonds is 8. The van der Waals surface area contributed by atoms with Gasteiger partial charge in [-0.3, -0.25) is 14.5 Å². The maximum Gasteiger partial charge on any atom is 0.238 e. The van der Waals surface area contributed by atoms with Crippen molar-refractivity contribution in [3.8, 4) is 5.75 Å². The molecule has 2 amide bonds. The van der Waals surface area contributed by atoms with Crippen LogP contribution in [0.25, 0.3) is 0 Å². The predicted octanol–water partition coefficient (Wildman–Crippen LogP) is 2.13. The Balaban J connectivity index is 1.80. The number of nitrogens with zero attached hydrogens (tertiary/aromatic N) is 1. The number of carbonyl (C=O) groups excluding carboxylic acids is 2. The standard InChI is InChI=1S/C17H24ClN3O3/c1-11(12-4-5-12)19-16(22)9-21(2)10-17(23)20-14-8-13(18)6-7-15(14)24-3/h6-8,11-12H,4-5,9-10H2,1-3H3,(H,19,22)(H,20,23). The van der Waals surface area contributed by atoms with E-state index in [0.717, 1.165) is 0 Å². The number of amides is 2. The van der Waals surface area contributed by atoms with Gasteiger partial charge >= 0.3 is 0 Å². The zero-order chi connectivity index (χ0) is 17.7. The minimum absolute atomic E-state index is 0.0648. The molecule has 1 saturated carbocycles. The highest BCUT2D eigenvalue weighted by atomic mass is 35.5. The maximum atomic E-state index is 12.1. The average molecular weight is 354 g/mol. The lowest BCUT2D eigenvalue weighted by molar-refractivity contribution is -0.123. The minimum atomic E-state index is -0.235. The van der Waals surface area contributed by atoms with Crippen molar-refractivity contribution in [1.29, 1.82) is 0 Å². The zero-order valence-electron chi connectivity index (χ0n) is 14.3. The van der Waals surface area contributed by atoms with Crippen LogP contribution in [0.1, 0.15) is 19.8 Å². The molecule has 7 heteroatoms. The monoisotopic (exact) mass is 353 g/mol. The summed E-state index contributed by atoms with van der Waals surface area (Å²) in [6, 6.07) is 5.21. The molecule has 2 N–H and O–H groups in total. The van der Waals surface area contributed by atoms with Gasteiger partial charge in [0.15, 0.2) is 0 Å². The average Bonchev–Trinajstić information content (AvgIpc) is 3.31. The number of hydrogen-bond donors (Lipinski definition) is 2. The zero-order valence-corrected chi connectivity index (χ0v) is 15.0. The first kappa shape index (κ1) is 18.5. The van der Waals surface area contributed by atoms with Crippen LogP contribution >= 0.6 is 11.6 Å². The summed E-state index contributed by atoms with van der Waals surface area (Å²) in [5, 5.41) is 6.23. The second-order valence-electron chi connectivity index (χ2n) is 6.26. The van der Waals surface area contributed by atoms with Gasteiger partial charge in [0.05, 0.1) is 25.9 Å². The van der Waals surface area contributed by atoms with Crippen LogP contribution in [0, 0.1) is 5.92 Å². The summed E-state index contributed by atoms with van der Waals surface area (Å²) in [5.74, 6) is 0.843. The molecule has 24 heavy (non-hydrogen) atoms. The van der Waals surface area contributed by atoms with Gasteiger partial charge in [0.2, 0.25) is 11.8 Å². The van der Waals surface area contributed by atoms with Crippen LogP contribution in [0.3, 0.4) is 0 Å². The Hall–Kier alpha value is -1.79. The van der Waals surface area contributed by atoms with Crippen LogP contribution in [-0.4, -0.2) is 50.0 Å². The van der Waals surface area contributed by atoms with E-state index in [1.165, 1.54) is 20.0 Å². The summed E-state index contributed by atoms with van der Waals surface area (Å²) < 4.78 is 5.19. The lowest BCUT2D eigenvalue weighted by atomic mass is 10.2. The first-order chi connectivity index (χ1) is 11.4. The van der Waals surface area contributed by atoms with Gasteiger partial charge in [0.1, 0.15) is 5.75 Å². The SMILES string of the molecule is COc1ccc(Cl)cc1NC(=O)CN(C)CC(=O)NC(C)C1CC1. The fourth-order valence-corrected chi connectivity index (χ4v) is 2.70. The molecule has 1 fully saturated rings. The van der Waals surface area contributed by atoms with E-state index in [2.05, 4.69) is 10.6 Å². The minimum Gasteiger partial charge on any atom is -0.495 e. The molecule has 1 aromatic rings. The molecular weight excluding hydrogens is 330 g/mol. The molecular formula is C17H24ClN3O3. The molecule has 0 radical (unpaired) electrons. The van der Waals surface area contributed by atoms with E-state index >= 15 is 0 Å². The molecule has 1 aliphatic carbocycles. The molecule has 2 rings (SSSR count). The Labute approximate surface area is 147 Å². The van der Waals surface area contributed by atoms with Gasteiger partial charge in [0.25, 0.3) is 0 Å². The largest absolute Gasteiger partial charge is 0.495 e. The van der Waals surface area contributed by atoms with Crippen molar-refractivity contribution in [2.45, 2.75) is 25.8 Å². The van der Waals surface area contributed by atoms with Crippen LogP contribution in [0.2, 0.25) is 5.02 Å². The van der Waals surface area contributed by atoms with Gasteiger partial charge in [0, 0.05) is 11.1 Å². The molecule has 6 nitrogen and oxygen atoms in total. The van der Waals surface area contributed by atoms with Gasteiger partial charge in [-0.1, -0.05) is 11.6 Å². The molecule has 1 aromatic carbocycles. The van der Waals surface area contributed by atoms with Crippen LogP contribution in [0.15, 0.2) is 18.2 Å². The third-order valence-corrected chi connectivity index (χ3v) is 4.22. The van der Waals surface area contributed by atoms with Crippen molar-refractivity contribution in [3.63, 3.8) is 0 Å².